The lowest BCUT2D eigenvalue weighted by Gasteiger charge is -2.05. The zero-order chi connectivity index (χ0) is 14.4. The minimum absolute atomic E-state index is 0.262. The molecule has 5 nitrogen and oxygen atoms in total. The number of aromatic amines is 1. The minimum atomic E-state index is 0.262. The third-order valence-corrected chi connectivity index (χ3v) is 3.41. The first kappa shape index (κ1) is 14.9. The van der Waals surface area contributed by atoms with Crippen LogP contribution in [0.1, 0.15) is 13.8 Å². The van der Waals surface area contributed by atoms with Crippen LogP contribution in [-0.2, 0) is 4.74 Å². The van der Waals surface area contributed by atoms with Gasteiger partial charge < -0.3 is 9.47 Å². The topological polar surface area (TPSA) is 60.0 Å². The predicted octanol–water partition coefficient (Wildman–Crippen LogP) is 3.00. The van der Waals surface area contributed by atoms with E-state index >= 15 is 0 Å². The van der Waals surface area contributed by atoms with Crippen molar-refractivity contribution < 1.29 is 9.47 Å². The summed E-state index contributed by atoms with van der Waals surface area (Å²) in [6, 6.07) is 7.72. The van der Waals surface area contributed by atoms with Crippen LogP contribution in [0.3, 0.4) is 0 Å². The summed E-state index contributed by atoms with van der Waals surface area (Å²) < 4.78 is 10.6. The Balaban J connectivity index is 1.90. The van der Waals surface area contributed by atoms with Crippen molar-refractivity contribution in [1.82, 2.24) is 15.2 Å². The van der Waals surface area contributed by atoms with Crippen molar-refractivity contribution in [2.75, 3.05) is 19.5 Å². The Bertz CT molecular complexity index is 525. The zero-order valence-electron chi connectivity index (χ0n) is 11.9. The number of hydrogen-bond donors (Lipinski definition) is 1. The number of benzene rings is 1. The van der Waals surface area contributed by atoms with E-state index in [0.717, 1.165) is 28.0 Å². The number of H-pyrrole nitrogens is 1. The summed E-state index contributed by atoms with van der Waals surface area (Å²) in [6.45, 7) is 4.76. The standard InChI is InChI=1S/C14H19N3O2S/c1-10(2)19-8-9-20-14-15-13(16-17-14)11-4-6-12(18-3)7-5-11/h4-7,10H,8-9H2,1-3H3,(H,15,16,17). The van der Waals surface area contributed by atoms with Crippen molar-refractivity contribution in [3.63, 3.8) is 0 Å². The van der Waals surface area contributed by atoms with Gasteiger partial charge in [0.2, 0.25) is 5.16 Å². The van der Waals surface area contributed by atoms with E-state index in [2.05, 4.69) is 15.2 Å². The molecule has 1 N–H and O–H groups in total. The summed E-state index contributed by atoms with van der Waals surface area (Å²) in [7, 11) is 1.65. The number of ether oxygens (including phenoxy) is 2. The molecule has 1 heterocycles. The van der Waals surface area contributed by atoms with E-state index in [-0.39, 0.29) is 6.10 Å². The van der Waals surface area contributed by atoms with E-state index < -0.39 is 0 Å². The van der Waals surface area contributed by atoms with Crippen molar-refractivity contribution >= 4 is 11.8 Å². The molecule has 0 aliphatic heterocycles. The minimum Gasteiger partial charge on any atom is -0.497 e. The average molecular weight is 293 g/mol. The summed E-state index contributed by atoms with van der Waals surface area (Å²) >= 11 is 1.58. The number of aromatic nitrogens is 3. The Hall–Kier alpha value is -1.53. The molecule has 0 saturated carbocycles. The molecule has 0 atom stereocenters. The second kappa shape index (κ2) is 7.31. The summed E-state index contributed by atoms with van der Waals surface area (Å²) in [6.07, 6.45) is 0.262. The Morgan fingerprint density at radius 2 is 2.00 bits per heavy atom. The van der Waals surface area contributed by atoms with Gasteiger partial charge in [0.25, 0.3) is 0 Å². The molecule has 0 spiro atoms. The highest BCUT2D eigenvalue weighted by atomic mass is 32.2. The van der Waals surface area contributed by atoms with E-state index in [9.17, 15) is 0 Å². The lowest BCUT2D eigenvalue weighted by Crippen LogP contribution is -2.05. The van der Waals surface area contributed by atoms with Crippen LogP contribution in [0.5, 0.6) is 5.75 Å². The molecule has 1 aromatic heterocycles. The van der Waals surface area contributed by atoms with Gasteiger partial charge in [-0.05, 0) is 38.1 Å². The van der Waals surface area contributed by atoms with E-state index in [1.54, 1.807) is 18.9 Å². The fraction of sp³-hybridized carbons (Fsp3) is 0.429. The summed E-state index contributed by atoms with van der Waals surface area (Å²) in [5.74, 6) is 2.44. The summed E-state index contributed by atoms with van der Waals surface area (Å²) in [5, 5.41) is 7.88. The molecule has 1 aromatic carbocycles. The zero-order valence-corrected chi connectivity index (χ0v) is 12.7. The SMILES string of the molecule is COc1ccc(-c2nc(SCCOC(C)C)n[nH]2)cc1. The van der Waals surface area contributed by atoms with Crippen LogP contribution >= 0.6 is 11.8 Å². The molecule has 20 heavy (non-hydrogen) atoms. The number of nitrogens with zero attached hydrogens (tertiary/aromatic N) is 2. The highest BCUT2D eigenvalue weighted by Crippen LogP contribution is 2.21. The van der Waals surface area contributed by atoms with E-state index in [1.165, 1.54) is 0 Å². The van der Waals surface area contributed by atoms with Crippen molar-refractivity contribution in [1.29, 1.82) is 0 Å². The molecule has 0 unspecified atom stereocenters. The van der Waals surface area contributed by atoms with Crippen molar-refractivity contribution in [2.24, 2.45) is 0 Å². The number of nitrogens with one attached hydrogen (secondary N) is 1. The second-order valence-electron chi connectivity index (χ2n) is 4.46. The molecule has 0 aliphatic rings. The van der Waals surface area contributed by atoms with Gasteiger partial charge in [-0.25, -0.2) is 4.98 Å². The smallest absolute Gasteiger partial charge is 0.208 e. The van der Waals surface area contributed by atoms with Gasteiger partial charge in [0.05, 0.1) is 19.8 Å². The highest BCUT2D eigenvalue weighted by molar-refractivity contribution is 7.99. The lowest BCUT2D eigenvalue weighted by molar-refractivity contribution is 0.0920. The molecule has 0 radical (unpaired) electrons. The fourth-order valence-electron chi connectivity index (χ4n) is 1.61. The lowest BCUT2D eigenvalue weighted by atomic mass is 10.2. The van der Waals surface area contributed by atoms with Crippen LogP contribution in [0.15, 0.2) is 29.4 Å². The van der Waals surface area contributed by atoms with Gasteiger partial charge in [-0.2, -0.15) is 0 Å². The molecule has 0 fully saturated rings. The number of rotatable bonds is 7. The van der Waals surface area contributed by atoms with Crippen LogP contribution in [0.4, 0.5) is 0 Å². The van der Waals surface area contributed by atoms with Gasteiger partial charge >= 0.3 is 0 Å². The molecular formula is C14H19N3O2S. The van der Waals surface area contributed by atoms with Gasteiger partial charge in [-0.1, -0.05) is 11.8 Å². The highest BCUT2D eigenvalue weighted by Gasteiger charge is 2.06. The number of hydrogen-bond acceptors (Lipinski definition) is 5. The Morgan fingerprint density at radius 3 is 2.65 bits per heavy atom. The molecule has 108 valence electrons. The average Bonchev–Trinajstić information content (AvgIpc) is 2.92. The third kappa shape index (κ3) is 4.25. The molecule has 6 heteroatoms. The molecule has 2 aromatic rings. The van der Waals surface area contributed by atoms with E-state index in [1.807, 2.05) is 38.1 Å². The van der Waals surface area contributed by atoms with Gasteiger partial charge in [0.1, 0.15) is 5.75 Å². The molecule has 0 saturated heterocycles. The van der Waals surface area contributed by atoms with Crippen LogP contribution in [-0.4, -0.2) is 40.8 Å². The molecule has 0 aliphatic carbocycles. The first-order valence-corrected chi connectivity index (χ1v) is 7.49. The number of methoxy groups -OCH3 is 1. The van der Waals surface area contributed by atoms with Gasteiger partial charge in [0.15, 0.2) is 5.82 Å². The van der Waals surface area contributed by atoms with Crippen molar-refractivity contribution in [3.8, 4) is 17.1 Å². The second-order valence-corrected chi connectivity index (χ2v) is 5.53. The Kier molecular flexibility index (Phi) is 5.43. The molecule has 0 amide bonds. The predicted molar refractivity (Wildman–Crippen MR) is 80.2 cm³/mol. The maximum atomic E-state index is 5.48. The molecule has 2 rings (SSSR count). The van der Waals surface area contributed by atoms with E-state index in [4.69, 9.17) is 9.47 Å². The normalized spacial score (nSPS) is 11.0. The molecule has 0 bridgehead atoms. The monoisotopic (exact) mass is 293 g/mol. The fourth-order valence-corrected chi connectivity index (χ4v) is 2.23. The van der Waals surface area contributed by atoms with Crippen molar-refractivity contribution in [2.45, 2.75) is 25.1 Å². The third-order valence-electron chi connectivity index (χ3n) is 2.59. The summed E-state index contributed by atoms with van der Waals surface area (Å²) in [4.78, 5) is 4.45. The Labute approximate surface area is 123 Å². The molecular weight excluding hydrogens is 274 g/mol. The van der Waals surface area contributed by atoms with Crippen LogP contribution in [0, 0.1) is 0 Å². The van der Waals surface area contributed by atoms with Gasteiger partial charge in [-0.15, -0.1) is 5.10 Å². The first-order valence-electron chi connectivity index (χ1n) is 6.50. The van der Waals surface area contributed by atoms with Crippen LogP contribution in [0.25, 0.3) is 11.4 Å². The van der Waals surface area contributed by atoms with Crippen LogP contribution in [0.2, 0.25) is 0 Å². The van der Waals surface area contributed by atoms with Gasteiger partial charge in [-0.3, -0.25) is 5.10 Å². The van der Waals surface area contributed by atoms with Gasteiger partial charge in [0, 0.05) is 11.3 Å². The summed E-state index contributed by atoms with van der Waals surface area (Å²) in [5.41, 5.74) is 0.989. The quantitative estimate of drug-likeness (QED) is 0.628. The maximum absolute atomic E-state index is 5.48. The van der Waals surface area contributed by atoms with Crippen LogP contribution < -0.4 is 4.74 Å². The first-order chi connectivity index (χ1) is 9.69. The number of thioether (sulfide) groups is 1. The maximum Gasteiger partial charge on any atom is 0.208 e. The largest absolute Gasteiger partial charge is 0.497 e. The van der Waals surface area contributed by atoms with Crippen molar-refractivity contribution in [3.05, 3.63) is 24.3 Å². The Morgan fingerprint density at radius 1 is 1.25 bits per heavy atom. The van der Waals surface area contributed by atoms with E-state index in [0.29, 0.717) is 6.61 Å².